The summed E-state index contributed by atoms with van der Waals surface area (Å²) in [4.78, 5) is 11.1. The molecular weight excluding hydrogens is 240 g/mol. The first kappa shape index (κ1) is 13.6. The van der Waals surface area contributed by atoms with Gasteiger partial charge in [-0.05, 0) is 37.6 Å². The van der Waals surface area contributed by atoms with Crippen molar-refractivity contribution < 1.29 is 14.3 Å². The topological polar surface area (TPSA) is 35.5 Å². The number of carbonyl (C=O) groups is 1. The van der Waals surface area contributed by atoms with Gasteiger partial charge >= 0.3 is 5.97 Å². The lowest BCUT2D eigenvalue weighted by Crippen LogP contribution is -1.98. The van der Waals surface area contributed by atoms with Crippen molar-refractivity contribution in [2.75, 3.05) is 13.2 Å². The summed E-state index contributed by atoms with van der Waals surface area (Å²) < 4.78 is 10.1. The maximum absolute atomic E-state index is 11.1. The molecule has 0 aliphatic carbocycles. The van der Waals surface area contributed by atoms with Crippen molar-refractivity contribution in [1.82, 2.24) is 0 Å². The molecule has 0 unspecified atom stereocenters. The van der Waals surface area contributed by atoms with E-state index in [1.165, 1.54) is 6.08 Å². The minimum atomic E-state index is -0.363. The number of carbonyl (C=O) groups excluding carboxylic acids is 1. The number of ether oxygens (including phenoxy) is 2. The molecule has 1 aromatic carbocycles. The van der Waals surface area contributed by atoms with Crippen LogP contribution in [0.3, 0.4) is 0 Å². The summed E-state index contributed by atoms with van der Waals surface area (Å²) in [5, 5.41) is 0.526. The van der Waals surface area contributed by atoms with Gasteiger partial charge in [-0.15, -0.1) is 0 Å². The summed E-state index contributed by atoms with van der Waals surface area (Å²) >= 11 is 6.01. The summed E-state index contributed by atoms with van der Waals surface area (Å²) in [6.45, 7) is 4.59. The van der Waals surface area contributed by atoms with Gasteiger partial charge in [0.05, 0.1) is 18.2 Å². The third-order valence-electron chi connectivity index (χ3n) is 1.95. The molecule has 0 bridgehead atoms. The van der Waals surface area contributed by atoms with Crippen molar-refractivity contribution in [2.24, 2.45) is 0 Å². The summed E-state index contributed by atoms with van der Waals surface area (Å²) in [6, 6.07) is 5.34. The van der Waals surface area contributed by atoms with Crippen molar-refractivity contribution >= 4 is 23.6 Å². The van der Waals surface area contributed by atoms with E-state index in [-0.39, 0.29) is 5.97 Å². The molecule has 0 aliphatic rings. The normalized spacial score (nSPS) is 10.5. The lowest BCUT2D eigenvalue weighted by atomic mass is 10.2. The van der Waals surface area contributed by atoms with Crippen LogP contribution < -0.4 is 4.74 Å². The maximum Gasteiger partial charge on any atom is 0.330 e. The Balaban J connectivity index is 2.73. The molecule has 0 saturated heterocycles. The van der Waals surface area contributed by atoms with E-state index in [1.54, 1.807) is 25.1 Å². The molecule has 4 heteroatoms. The van der Waals surface area contributed by atoms with Gasteiger partial charge in [0.1, 0.15) is 5.75 Å². The zero-order valence-electron chi connectivity index (χ0n) is 9.90. The van der Waals surface area contributed by atoms with Crippen LogP contribution in [0.1, 0.15) is 19.4 Å². The van der Waals surface area contributed by atoms with Crippen LogP contribution >= 0.6 is 11.6 Å². The molecule has 1 rings (SSSR count). The Hall–Kier alpha value is -1.48. The molecule has 0 amide bonds. The molecule has 0 heterocycles. The number of benzene rings is 1. The highest BCUT2D eigenvalue weighted by molar-refractivity contribution is 6.32. The molecule has 0 fully saturated rings. The van der Waals surface area contributed by atoms with Gasteiger partial charge in [0.2, 0.25) is 0 Å². The minimum absolute atomic E-state index is 0.363. The lowest BCUT2D eigenvalue weighted by molar-refractivity contribution is -0.137. The fraction of sp³-hybridized carbons (Fsp3) is 0.308. The molecule has 92 valence electrons. The summed E-state index contributed by atoms with van der Waals surface area (Å²) in [7, 11) is 0. The molecule has 17 heavy (non-hydrogen) atoms. The fourth-order valence-electron chi connectivity index (χ4n) is 1.25. The van der Waals surface area contributed by atoms with E-state index < -0.39 is 0 Å². The van der Waals surface area contributed by atoms with Crippen LogP contribution in [0.5, 0.6) is 5.75 Å². The molecule has 0 aliphatic heterocycles. The second-order valence-electron chi connectivity index (χ2n) is 3.21. The van der Waals surface area contributed by atoms with Gasteiger partial charge in [-0.1, -0.05) is 17.7 Å². The Morgan fingerprint density at radius 1 is 1.35 bits per heavy atom. The third kappa shape index (κ3) is 4.49. The van der Waals surface area contributed by atoms with Gasteiger partial charge in [0.15, 0.2) is 0 Å². The van der Waals surface area contributed by atoms with Crippen LogP contribution in [0.2, 0.25) is 5.02 Å². The zero-order chi connectivity index (χ0) is 12.7. The van der Waals surface area contributed by atoms with Crippen molar-refractivity contribution in [3.63, 3.8) is 0 Å². The lowest BCUT2D eigenvalue weighted by Gasteiger charge is -2.05. The number of rotatable bonds is 5. The Labute approximate surface area is 106 Å². The molecule has 3 nitrogen and oxygen atoms in total. The SMILES string of the molecule is CCOC(=O)/C=C/c1ccc(OCC)c(Cl)c1. The summed E-state index contributed by atoms with van der Waals surface area (Å²) in [5.74, 6) is 0.278. The molecule has 0 saturated carbocycles. The molecule has 1 aromatic rings. The predicted molar refractivity (Wildman–Crippen MR) is 68.3 cm³/mol. The highest BCUT2D eigenvalue weighted by Crippen LogP contribution is 2.25. The van der Waals surface area contributed by atoms with Gasteiger partial charge in [0, 0.05) is 6.08 Å². The van der Waals surface area contributed by atoms with Crippen molar-refractivity contribution in [3.8, 4) is 5.75 Å². The van der Waals surface area contributed by atoms with Crippen LogP contribution in [-0.2, 0) is 9.53 Å². The van der Waals surface area contributed by atoms with Gasteiger partial charge in [-0.2, -0.15) is 0 Å². The van der Waals surface area contributed by atoms with Crippen LogP contribution in [-0.4, -0.2) is 19.2 Å². The highest BCUT2D eigenvalue weighted by atomic mass is 35.5. The van der Waals surface area contributed by atoms with Crippen molar-refractivity contribution in [2.45, 2.75) is 13.8 Å². The van der Waals surface area contributed by atoms with Gasteiger partial charge < -0.3 is 9.47 Å². The first-order chi connectivity index (χ1) is 8.17. The van der Waals surface area contributed by atoms with Crippen LogP contribution in [0.4, 0.5) is 0 Å². The maximum atomic E-state index is 11.1. The Kier molecular flexibility index (Phi) is 5.57. The van der Waals surface area contributed by atoms with Gasteiger partial charge in [0.25, 0.3) is 0 Å². The Bertz CT molecular complexity index is 413. The first-order valence-electron chi connectivity index (χ1n) is 5.44. The Morgan fingerprint density at radius 3 is 2.71 bits per heavy atom. The second kappa shape index (κ2) is 6.97. The monoisotopic (exact) mass is 254 g/mol. The van der Waals surface area contributed by atoms with Crippen LogP contribution in [0.25, 0.3) is 6.08 Å². The van der Waals surface area contributed by atoms with E-state index in [0.29, 0.717) is 24.0 Å². The standard InChI is InChI=1S/C13H15ClO3/c1-3-16-12-7-5-10(9-11(12)14)6-8-13(15)17-4-2/h5-9H,3-4H2,1-2H3/b8-6+. The van der Waals surface area contributed by atoms with E-state index in [9.17, 15) is 4.79 Å². The van der Waals surface area contributed by atoms with Gasteiger partial charge in [-0.25, -0.2) is 4.79 Å². The second-order valence-corrected chi connectivity index (χ2v) is 3.62. The smallest absolute Gasteiger partial charge is 0.330 e. The Morgan fingerprint density at radius 2 is 2.12 bits per heavy atom. The molecule has 0 N–H and O–H groups in total. The average molecular weight is 255 g/mol. The average Bonchev–Trinajstić information content (AvgIpc) is 2.30. The first-order valence-corrected chi connectivity index (χ1v) is 5.82. The van der Waals surface area contributed by atoms with E-state index in [4.69, 9.17) is 21.1 Å². The van der Waals surface area contributed by atoms with Gasteiger partial charge in [-0.3, -0.25) is 0 Å². The third-order valence-corrected chi connectivity index (χ3v) is 2.25. The van der Waals surface area contributed by atoms with E-state index >= 15 is 0 Å². The minimum Gasteiger partial charge on any atom is -0.492 e. The molecule has 0 spiro atoms. The number of halogens is 1. The number of hydrogen-bond donors (Lipinski definition) is 0. The van der Waals surface area contributed by atoms with Crippen LogP contribution in [0.15, 0.2) is 24.3 Å². The summed E-state index contributed by atoms with van der Waals surface area (Å²) in [6.07, 6.45) is 3.02. The molecular formula is C13H15ClO3. The van der Waals surface area contributed by atoms with E-state index in [2.05, 4.69) is 0 Å². The summed E-state index contributed by atoms with van der Waals surface area (Å²) in [5.41, 5.74) is 0.825. The zero-order valence-corrected chi connectivity index (χ0v) is 10.7. The number of hydrogen-bond acceptors (Lipinski definition) is 3. The predicted octanol–water partition coefficient (Wildman–Crippen LogP) is 3.32. The number of esters is 1. The highest BCUT2D eigenvalue weighted by Gasteiger charge is 2.01. The van der Waals surface area contributed by atoms with Crippen molar-refractivity contribution in [3.05, 3.63) is 34.9 Å². The van der Waals surface area contributed by atoms with E-state index in [1.807, 2.05) is 13.0 Å². The molecule has 0 atom stereocenters. The fourth-order valence-corrected chi connectivity index (χ4v) is 1.49. The largest absolute Gasteiger partial charge is 0.492 e. The molecule has 0 aromatic heterocycles. The molecule has 0 radical (unpaired) electrons. The van der Waals surface area contributed by atoms with E-state index in [0.717, 1.165) is 5.56 Å². The van der Waals surface area contributed by atoms with Crippen molar-refractivity contribution in [1.29, 1.82) is 0 Å². The quantitative estimate of drug-likeness (QED) is 0.597. The van der Waals surface area contributed by atoms with Crippen LogP contribution in [0, 0.1) is 0 Å².